The van der Waals surface area contributed by atoms with Gasteiger partial charge < -0.3 is 14.6 Å². The molecule has 0 saturated carbocycles. The monoisotopic (exact) mass is 314 g/mol. The number of anilines is 1. The molecule has 1 N–H and O–H groups in total. The lowest BCUT2D eigenvalue weighted by atomic mass is 10.1. The number of hydrogen-bond acceptors (Lipinski definition) is 5. The minimum atomic E-state index is -0.134. The molecule has 1 atom stereocenters. The van der Waals surface area contributed by atoms with Crippen LogP contribution in [-0.2, 0) is 6.42 Å². The number of carbonyl (C=O) groups is 1. The van der Waals surface area contributed by atoms with Crippen LogP contribution in [0.25, 0.3) is 0 Å². The topological polar surface area (TPSA) is 71.3 Å². The van der Waals surface area contributed by atoms with Gasteiger partial charge in [0, 0.05) is 37.9 Å². The molecule has 1 fully saturated rings. The molecular formula is C17H22N4O2. The Bertz CT molecular complexity index is 619. The minimum absolute atomic E-state index is 0.0610. The highest BCUT2D eigenvalue weighted by molar-refractivity contribution is 5.93. The molecule has 3 rings (SSSR count). The fraction of sp³-hybridized carbons (Fsp3) is 0.471. The number of hydrogen-bond donors (Lipinski definition) is 1. The second-order valence-corrected chi connectivity index (χ2v) is 5.96. The molecule has 6 heteroatoms. The first kappa shape index (κ1) is 15.5. The number of carbonyl (C=O) groups excluding carboxylic acids is 1. The normalized spacial score (nSPS) is 15.6. The first-order chi connectivity index (χ1) is 11.2. The summed E-state index contributed by atoms with van der Waals surface area (Å²) in [5.41, 5.74) is 0.498. The number of aryl methyl sites for hydroxylation is 1. The van der Waals surface area contributed by atoms with Crippen molar-refractivity contribution in [3.63, 3.8) is 0 Å². The van der Waals surface area contributed by atoms with Crippen molar-refractivity contribution in [2.24, 2.45) is 0 Å². The van der Waals surface area contributed by atoms with E-state index in [1.165, 1.54) is 12.8 Å². The van der Waals surface area contributed by atoms with E-state index in [9.17, 15) is 4.79 Å². The lowest BCUT2D eigenvalue weighted by Gasteiger charge is -2.15. The van der Waals surface area contributed by atoms with Gasteiger partial charge in [-0.3, -0.25) is 4.79 Å². The predicted octanol–water partition coefficient (Wildman–Crippen LogP) is 2.42. The van der Waals surface area contributed by atoms with Gasteiger partial charge in [-0.05, 0) is 38.3 Å². The third-order valence-corrected chi connectivity index (χ3v) is 4.07. The Balaban J connectivity index is 1.50. The first-order valence-electron chi connectivity index (χ1n) is 8.12. The second kappa shape index (κ2) is 7.26. The van der Waals surface area contributed by atoms with E-state index in [4.69, 9.17) is 4.42 Å². The zero-order chi connectivity index (χ0) is 16.1. The van der Waals surface area contributed by atoms with Gasteiger partial charge in [-0.15, -0.1) is 0 Å². The number of furan rings is 1. The first-order valence-corrected chi connectivity index (χ1v) is 8.12. The molecule has 1 aliphatic heterocycles. The fourth-order valence-corrected chi connectivity index (χ4v) is 2.71. The summed E-state index contributed by atoms with van der Waals surface area (Å²) in [6.07, 6.45) is 8.87. The van der Waals surface area contributed by atoms with Crippen LogP contribution < -0.4 is 10.2 Å². The highest BCUT2D eigenvalue weighted by atomic mass is 16.3. The standard InChI is InChI=1S/C17H22N4O2/c1-13(6-7-15-5-4-10-23-15)20-16(22)14-11-18-17(19-12-14)21-8-2-3-9-21/h4-5,10-13H,2-3,6-9H2,1H3,(H,20,22)/t13-/m1/s1. The van der Waals surface area contributed by atoms with Crippen LogP contribution in [-0.4, -0.2) is 35.0 Å². The molecule has 2 aromatic heterocycles. The van der Waals surface area contributed by atoms with Gasteiger partial charge in [-0.25, -0.2) is 9.97 Å². The molecule has 1 aliphatic rings. The quantitative estimate of drug-likeness (QED) is 0.886. The van der Waals surface area contributed by atoms with Crippen LogP contribution in [0.4, 0.5) is 5.95 Å². The van der Waals surface area contributed by atoms with Crippen molar-refractivity contribution in [3.05, 3.63) is 42.1 Å². The van der Waals surface area contributed by atoms with Crippen LogP contribution in [0.1, 0.15) is 42.3 Å². The predicted molar refractivity (Wildman–Crippen MR) is 87.4 cm³/mol. The van der Waals surface area contributed by atoms with Crippen molar-refractivity contribution in [2.75, 3.05) is 18.0 Å². The molecule has 6 nitrogen and oxygen atoms in total. The molecule has 1 amide bonds. The largest absolute Gasteiger partial charge is 0.469 e. The van der Waals surface area contributed by atoms with E-state index >= 15 is 0 Å². The maximum absolute atomic E-state index is 12.2. The van der Waals surface area contributed by atoms with Crippen LogP contribution in [0, 0.1) is 0 Å². The molecule has 2 aromatic rings. The lowest BCUT2D eigenvalue weighted by Crippen LogP contribution is -2.33. The molecule has 0 aliphatic carbocycles. The van der Waals surface area contributed by atoms with Crippen molar-refractivity contribution in [2.45, 2.75) is 38.6 Å². The highest BCUT2D eigenvalue weighted by Gasteiger charge is 2.16. The molecular weight excluding hydrogens is 292 g/mol. The average Bonchev–Trinajstić information content (AvgIpc) is 3.26. The van der Waals surface area contributed by atoms with Gasteiger partial charge in [0.1, 0.15) is 5.76 Å². The summed E-state index contributed by atoms with van der Waals surface area (Å²) in [6.45, 7) is 3.98. The number of rotatable bonds is 6. The van der Waals surface area contributed by atoms with Crippen molar-refractivity contribution in [1.82, 2.24) is 15.3 Å². The van der Waals surface area contributed by atoms with Crippen molar-refractivity contribution < 1.29 is 9.21 Å². The Morgan fingerprint density at radius 3 is 2.74 bits per heavy atom. The summed E-state index contributed by atoms with van der Waals surface area (Å²) in [4.78, 5) is 23.0. The zero-order valence-corrected chi connectivity index (χ0v) is 13.4. The second-order valence-electron chi connectivity index (χ2n) is 5.96. The molecule has 0 aromatic carbocycles. The highest BCUT2D eigenvalue weighted by Crippen LogP contribution is 2.15. The number of amides is 1. The van der Waals surface area contributed by atoms with E-state index in [0.717, 1.165) is 31.7 Å². The van der Waals surface area contributed by atoms with Gasteiger partial charge in [0.15, 0.2) is 0 Å². The minimum Gasteiger partial charge on any atom is -0.469 e. The van der Waals surface area contributed by atoms with Gasteiger partial charge in [0.2, 0.25) is 5.95 Å². The molecule has 0 bridgehead atoms. The molecule has 1 saturated heterocycles. The van der Waals surface area contributed by atoms with E-state index in [1.807, 2.05) is 19.1 Å². The Kier molecular flexibility index (Phi) is 4.90. The van der Waals surface area contributed by atoms with E-state index in [0.29, 0.717) is 11.5 Å². The van der Waals surface area contributed by atoms with E-state index in [-0.39, 0.29) is 11.9 Å². The van der Waals surface area contributed by atoms with Crippen LogP contribution in [0.5, 0.6) is 0 Å². The third-order valence-electron chi connectivity index (χ3n) is 4.07. The summed E-state index contributed by atoms with van der Waals surface area (Å²) in [5.74, 6) is 1.51. The maximum Gasteiger partial charge on any atom is 0.254 e. The van der Waals surface area contributed by atoms with Gasteiger partial charge in [-0.2, -0.15) is 0 Å². The van der Waals surface area contributed by atoms with Gasteiger partial charge >= 0.3 is 0 Å². The van der Waals surface area contributed by atoms with Crippen LogP contribution in [0.2, 0.25) is 0 Å². The third kappa shape index (κ3) is 4.09. The van der Waals surface area contributed by atoms with Gasteiger partial charge in [0.05, 0.1) is 11.8 Å². The van der Waals surface area contributed by atoms with Gasteiger partial charge in [0.25, 0.3) is 5.91 Å². The van der Waals surface area contributed by atoms with Crippen LogP contribution in [0.3, 0.4) is 0 Å². The molecule has 122 valence electrons. The Morgan fingerprint density at radius 1 is 1.35 bits per heavy atom. The molecule has 23 heavy (non-hydrogen) atoms. The van der Waals surface area contributed by atoms with E-state index in [1.54, 1.807) is 18.7 Å². The zero-order valence-electron chi connectivity index (χ0n) is 13.4. The summed E-state index contributed by atoms with van der Waals surface area (Å²) in [7, 11) is 0. The van der Waals surface area contributed by atoms with Crippen molar-refractivity contribution >= 4 is 11.9 Å². The Hall–Kier alpha value is -2.37. The van der Waals surface area contributed by atoms with Crippen LogP contribution in [0.15, 0.2) is 35.2 Å². The molecule has 0 unspecified atom stereocenters. The average molecular weight is 314 g/mol. The smallest absolute Gasteiger partial charge is 0.254 e. The van der Waals surface area contributed by atoms with Crippen LogP contribution >= 0.6 is 0 Å². The molecule has 0 radical (unpaired) electrons. The van der Waals surface area contributed by atoms with Gasteiger partial charge in [-0.1, -0.05) is 0 Å². The lowest BCUT2D eigenvalue weighted by molar-refractivity contribution is 0.0937. The molecule has 3 heterocycles. The fourth-order valence-electron chi connectivity index (χ4n) is 2.71. The van der Waals surface area contributed by atoms with Crippen molar-refractivity contribution in [3.8, 4) is 0 Å². The maximum atomic E-state index is 12.2. The Labute approximate surface area is 135 Å². The molecule has 0 spiro atoms. The Morgan fingerprint density at radius 2 is 2.09 bits per heavy atom. The summed E-state index contributed by atoms with van der Waals surface area (Å²) in [5, 5.41) is 2.97. The number of nitrogens with one attached hydrogen (secondary N) is 1. The SMILES string of the molecule is C[C@H](CCc1ccco1)NC(=O)c1cnc(N2CCCC2)nc1. The summed E-state index contributed by atoms with van der Waals surface area (Å²) in [6, 6.07) is 3.88. The van der Waals surface area contributed by atoms with Crippen molar-refractivity contribution in [1.29, 1.82) is 0 Å². The number of aromatic nitrogens is 2. The van der Waals surface area contributed by atoms with E-state index in [2.05, 4.69) is 20.2 Å². The summed E-state index contributed by atoms with van der Waals surface area (Å²) >= 11 is 0. The number of nitrogens with zero attached hydrogens (tertiary/aromatic N) is 3. The summed E-state index contributed by atoms with van der Waals surface area (Å²) < 4.78 is 5.30. The van der Waals surface area contributed by atoms with E-state index < -0.39 is 0 Å².